The standard InChI is InChI=1S/C18H12N2O5S/c19-15-11-3-1-2-4-12(11)17(21)14-13(15)18(22)20-16(14)9-5-7-10(8-6-9)25-26(23)24/h1-8H,19H2,(H,20,22)(H,23,24). The molecule has 0 radical (unpaired) electrons. The molecule has 1 atom stereocenters. The predicted octanol–water partition coefficient (Wildman–Crippen LogP) is 1.61. The molecule has 1 heterocycles. The van der Waals surface area contributed by atoms with Crippen molar-refractivity contribution in [2.45, 2.75) is 0 Å². The highest BCUT2D eigenvalue weighted by Gasteiger charge is 2.39. The molecule has 2 aliphatic rings. The summed E-state index contributed by atoms with van der Waals surface area (Å²) in [6.45, 7) is 0. The van der Waals surface area contributed by atoms with E-state index >= 15 is 0 Å². The fourth-order valence-corrected chi connectivity index (χ4v) is 3.40. The van der Waals surface area contributed by atoms with Crippen molar-refractivity contribution < 1.29 is 22.5 Å². The number of Topliss-reactive ketones (excluding diaryl/α,β-unsaturated/α-hetero) is 1. The van der Waals surface area contributed by atoms with E-state index in [9.17, 15) is 13.8 Å². The van der Waals surface area contributed by atoms with Gasteiger partial charge in [-0.25, -0.2) is 0 Å². The van der Waals surface area contributed by atoms with Crippen LogP contribution in [0.2, 0.25) is 0 Å². The second-order valence-corrected chi connectivity index (χ2v) is 6.29. The minimum absolute atomic E-state index is 0.167. The number of benzene rings is 2. The lowest BCUT2D eigenvalue weighted by molar-refractivity contribution is -0.115. The van der Waals surface area contributed by atoms with E-state index in [4.69, 9.17) is 10.3 Å². The molecule has 2 aromatic carbocycles. The molecule has 1 amide bonds. The predicted molar refractivity (Wildman–Crippen MR) is 94.8 cm³/mol. The molecule has 7 nitrogen and oxygen atoms in total. The molecular weight excluding hydrogens is 356 g/mol. The van der Waals surface area contributed by atoms with Gasteiger partial charge in [-0.15, -0.1) is 0 Å². The lowest BCUT2D eigenvalue weighted by Crippen LogP contribution is -2.22. The third kappa shape index (κ3) is 2.43. The van der Waals surface area contributed by atoms with Crippen molar-refractivity contribution in [1.82, 2.24) is 5.32 Å². The molecule has 0 fully saturated rings. The first-order valence-electron chi connectivity index (χ1n) is 7.57. The summed E-state index contributed by atoms with van der Waals surface area (Å²) in [5, 5.41) is 2.70. The zero-order valence-electron chi connectivity index (χ0n) is 13.2. The number of nitrogens with one attached hydrogen (secondary N) is 1. The molecule has 0 saturated heterocycles. The van der Waals surface area contributed by atoms with Crippen molar-refractivity contribution in [1.29, 1.82) is 0 Å². The number of nitrogens with two attached hydrogens (primary N) is 1. The van der Waals surface area contributed by atoms with Gasteiger partial charge in [0, 0.05) is 11.1 Å². The largest absolute Gasteiger partial charge is 0.398 e. The molecule has 1 unspecified atom stereocenters. The SMILES string of the molecule is NC1=C2C(=O)NC(c3ccc(OS(=O)O)cc3)=C2C(=O)c2ccccc21. The smallest absolute Gasteiger partial charge is 0.357 e. The Morgan fingerprint density at radius 2 is 1.62 bits per heavy atom. The van der Waals surface area contributed by atoms with Crippen LogP contribution in [0.3, 0.4) is 0 Å². The topological polar surface area (TPSA) is 119 Å². The fourth-order valence-electron chi connectivity index (χ4n) is 3.12. The van der Waals surface area contributed by atoms with Gasteiger partial charge in [-0.05, 0) is 29.8 Å². The van der Waals surface area contributed by atoms with E-state index in [0.29, 0.717) is 22.4 Å². The van der Waals surface area contributed by atoms with Gasteiger partial charge in [-0.1, -0.05) is 24.3 Å². The van der Waals surface area contributed by atoms with Gasteiger partial charge >= 0.3 is 11.4 Å². The van der Waals surface area contributed by atoms with Crippen LogP contribution in [0.15, 0.2) is 59.7 Å². The van der Waals surface area contributed by atoms with Crippen LogP contribution < -0.4 is 15.2 Å². The van der Waals surface area contributed by atoms with Crippen molar-refractivity contribution in [2.24, 2.45) is 5.73 Å². The van der Waals surface area contributed by atoms with Crippen LogP contribution in [0.4, 0.5) is 0 Å². The fraction of sp³-hybridized carbons (Fsp3) is 0. The van der Waals surface area contributed by atoms with E-state index in [-0.39, 0.29) is 28.4 Å². The van der Waals surface area contributed by atoms with E-state index in [1.54, 1.807) is 36.4 Å². The van der Waals surface area contributed by atoms with Crippen LogP contribution in [0.5, 0.6) is 5.75 Å². The molecule has 26 heavy (non-hydrogen) atoms. The maximum atomic E-state index is 12.9. The quantitative estimate of drug-likeness (QED) is 0.708. The first-order chi connectivity index (χ1) is 12.5. The molecule has 1 aliphatic carbocycles. The monoisotopic (exact) mass is 368 g/mol. The number of ketones is 1. The van der Waals surface area contributed by atoms with Crippen LogP contribution in [0.1, 0.15) is 21.5 Å². The van der Waals surface area contributed by atoms with Gasteiger partial charge in [0.2, 0.25) is 0 Å². The summed E-state index contributed by atoms with van der Waals surface area (Å²) in [5.74, 6) is -0.540. The van der Waals surface area contributed by atoms with Crippen molar-refractivity contribution in [3.8, 4) is 5.75 Å². The summed E-state index contributed by atoms with van der Waals surface area (Å²) in [5.41, 5.74) is 8.70. The Kier molecular flexibility index (Phi) is 3.71. The van der Waals surface area contributed by atoms with Gasteiger partial charge in [0.1, 0.15) is 5.75 Å². The second kappa shape index (κ2) is 5.94. The number of carbonyl (C=O) groups is 2. The molecule has 0 bridgehead atoms. The number of carbonyl (C=O) groups excluding carboxylic acids is 2. The molecule has 8 heteroatoms. The summed E-state index contributed by atoms with van der Waals surface area (Å²) in [4.78, 5) is 25.4. The third-order valence-corrected chi connectivity index (χ3v) is 4.57. The van der Waals surface area contributed by atoms with Gasteiger partial charge in [-0.2, -0.15) is 4.21 Å². The maximum absolute atomic E-state index is 12.9. The van der Waals surface area contributed by atoms with Gasteiger partial charge in [-0.3, -0.25) is 14.1 Å². The zero-order chi connectivity index (χ0) is 18.4. The molecule has 0 aromatic heterocycles. The lowest BCUT2D eigenvalue weighted by atomic mass is 9.84. The summed E-state index contributed by atoms with van der Waals surface area (Å²) in [6, 6.07) is 13.0. The summed E-state index contributed by atoms with van der Waals surface area (Å²) in [6.07, 6.45) is 0. The third-order valence-electron chi connectivity index (χ3n) is 4.23. The first kappa shape index (κ1) is 16.2. The lowest BCUT2D eigenvalue weighted by Gasteiger charge is -2.18. The highest BCUT2D eigenvalue weighted by Crippen LogP contribution is 2.39. The van der Waals surface area contributed by atoms with Crippen molar-refractivity contribution in [3.05, 3.63) is 76.4 Å². The molecule has 0 saturated carbocycles. The minimum Gasteiger partial charge on any atom is -0.398 e. The van der Waals surface area contributed by atoms with Crippen LogP contribution >= 0.6 is 0 Å². The molecule has 0 spiro atoms. The molecule has 4 rings (SSSR count). The summed E-state index contributed by atoms with van der Waals surface area (Å²) >= 11 is -2.43. The van der Waals surface area contributed by atoms with Crippen LogP contribution in [0, 0.1) is 0 Å². The minimum atomic E-state index is -2.43. The van der Waals surface area contributed by atoms with Crippen LogP contribution in [-0.4, -0.2) is 20.5 Å². The van der Waals surface area contributed by atoms with E-state index in [1.165, 1.54) is 12.1 Å². The molecule has 4 N–H and O–H groups in total. The first-order valence-corrected chi connectivity index (χ1v) is 8.60. The average molecular weight is 368 g/mol. The number of fused-ring (bicyclic) bond motifs is 2. The normalized spacial score (nSPS) is 17.0. The van der Waals surface area contributed by atoms with Gasteiger partial charge in [0.05, 0.1) is 22.5 Å². The maximum Gasteiger partial charge on any atom is 0.357 e. The number of rotatable bonds is 3. The van der Waals surface area contributed by atoms with Gasteiger partial charge < -0.3 is 15.2 Å². The van der Waals surface area contributed by atoms with E-state index < -0.39 is 17.3 Å². The highest BCUT2D eigenvalue weighted by molar-refractivity contribution is 7.74. The molecular formula is C18H12N2O5S. The highest BCUT2D eigenvalue weighted by atomic mass is 32.2. The Bertz CT molecular complexity index is 1050. The second-order valence-electron chi connectivity index (χ2n) is 5.69. The zero-order valence-corrected chi connectivity index (χ0v) is 14.0. The molecule has 1 aliphatic heterocycles. The van der Waals surface area contributed by atoms with Crippen molar-refractivity contribution in [3.63, 3.8) is 0 Å². The Labute approximate surface area is 150 Å². The average Bonchev–Trinajstić information content (AvgIpc) is 2.97. The van der Waals surface area contributed by atoms with E-state index in [2.05, 4.69) is 9.50 Å². The molecule has 130 valence electrons. The van der Waals surface area contributed by atoms with E-state index in [0.717, 1.165) is 0 Å². The summed E-state index contributed by atoms with van der Waals surface area (Å²) < 4.78 is 24.1. The van der Waals surface area contributed by atoms with Crippen LogP contribution in [-0.2, 0) is 16.2 Å². The summed E-state index contributed by atoms with van der Waals surface area (Å²) in [7, 11) is 0. The van der Waals surface area contributed by atoms with E-state index in [1.807, 2.05) is 0 Å². The Balaban J connectivity index is 1.86. The Morgan fingerprint density at radius 1 is 0.962 bits per heavy atom. The van der Waals surface area contributed by atoms with Crippen molar-refractivity contribution >= 4 is 34.4 Å². The Hall–Kier alpha value is -3.23. The van der Waals surface area contributed by atoms with Gasteiger partial charge in [0.25, 0.3) is 5.91 Å². The molecule has 2 aromatic rings. The van der Waals surface area contributed by atoms with Crippen LogP contribution in [0.25, 0.3) is 11.4 Å². The Morgan fingerprint density at radius 3 is 2.27 bits per heavy atom. The number of amides is 1. The number of hydrogen-bond acceptors (Lipinski definition) is 5. The van der Waals surface area contributed by atoms with Crippen molar-refractivity contribution in [2.75, 3.05) is 0 Å². The van der Waals surface area contributed by atoms with Gasteiger partial charge in [0.15, 0.2) is 5.78 Å². The number of hydrogen-bond donors (Lipinski definition) is 3.